The molecule has 2 N–H and O–H groups in total. The second-order valence-corrected chi connectivity index (χ2v) is 13.5. The number of anilines is 1. The van der Waals surface area contributed by atoms with Crippen molar-refractivity contribution >= 4 is 33.0 Å². The largest absolute Gasteiger partial charge is 0.488 e. The molecule has 5 rings (SSSR count). The second kappa shape index (κ2) is 12.3. The first-order valence-electron chi connectivity index (χ1n) is 13.5. The number of ether oxygens (including phenoxy) is 3. The number of hydrogen-bond donors (Lipinski definition) is 2. The highest BCUT2D eigenvalue weighted by molar-refractivity contribution is 7.94. The van der Waals surface area contributed by atoms with Crippen molar-refractivity contribution in [3.63, 3.8) is 0 Å². The van der Waals surface area contributed by atoms with E-state index in [0.29, 0.717) is 36.6 Å². The number of aliphatic hydroxyl groups excluding tert-OH is 1. The molecular weight excluding hydrogens is 566 g/mol. The van der Waals surface area contributed by atoms with Gasteiger partial charge in [0.1, 0.15) is 16.1 Å². The zero-order valence-electron chi connectivity index (χ0n) is 23.3. The summed E-state index contributed by atoms with van der Waals surface area (Å²) in [6, 6.07) is 13.8. The van der Waals surface area contributed by atoms with Crippen LogP contribution in [-0.2, 0) is 27.8 Å². The van der Waals surface area contributed by atoms with E-state index in [1.165, 1.54) is 6.07 Å². The Labute approximate surface area is 244 Å². The molecule has 12 heteroatoms. The third-order valence-electron chi connectivity index (χ3n) is 7.31. The molecule has 1 amide bonds. The second-order valence-electron chi connectivity index (χ2n) is 10.6. The van der Waals surface area contributed by atoms with E-state index in [4.69, 9.17) is 14.2 Å². The van der Waals surface area contributed by atoms with Crippen molar-refractivity contribution in [1.82, 2.24) is 9.80 Å². The van der Waals surface area contributed by atoms with Gasteiger partial charge in [-0.05, 0) is 61.3 Å². The van der Waals surface area contributed by atoms with Crippen LogP contribution in [0.3, 0.4) is 0 Å². The number of amides is 1. The summed E-state index contributed by atoms with van der Waals surface area (Å²) in [4.78, 5) is 17.3. The number of fused-ring (bicyclic) bond motifs is 2. The molecule has 10 nitrogen and oxygen atoms in total. The van der Waals surface area contributed by atoms with E-state index < -0.39 is 10.0 Å². The van der Waals surface area contributed by atoms with Crippen molar-refractivity contribution in [2.24, 2.45) is 5.92 Å². The average molecular weight is 602 g/mol. The predicted octanol–water partition coefficient (Wildman–Crippen LogP) is 3.56. The Hall–Kier alpha value is -3.32. The number of thiophene rings is 1. The summed E-state index contributed by atoms with van der Waals surface area (Å²) in [7, 11) is -1.75. The minimum absolute atomic E-state index is 0.0146. The third kappa shape index (κ3) is 6.78. The fourth-order valence-electron chi connectivity index (χ4n) is 5.06. The molecule has 2 aromatic carbocycles. The first-order chi connectivity index (χ1) is 19.6. The van der Waals surface area contributed by atoms with Crippen molar-refractivity contribution in [2.75, 3.05) is 38.3 Å². The van der Waals surface area contributed by atoms with Crippen LogP contribution >= 0.6 is 11.3 Å². The number of benzene rings is 2. The number of rotatable bonds is 9. The number of carbonyl (C=O) groups excluding carboxylic acids is 1. The van der Waals surface area contributed by atoms with Gasteiger partial charge < -0.3 is 24.2 Å². The number of sulfonamides is 1. The van der Waals surface area contributed by atoms with Gasteiger partial charge in [0.05, 0.1) is 19.1 Å². The molecule has 0 bridgehead atoms. The van der Waals surface area contributed by atoms with E-state index in [9.17, 15) is 18.3 Å². The van der Waals surface area contributed by atoms with Gasteiger partial charge in [-0.2, -0.15) is 0 Å². The summed E-state index contributed by atoms with van der Waals surface area (Å²) >= 11 is 1.13. The van der Waals surface area contributed by atoms with Crippen LogP contribution in [0.25, 0.3) is 0 Å². The molecule has 41 heavy (non-hydrogen) atoms. The number of aliphatic hydroxyl groups is 1. The number of nitrogens with one attached hydrogen (secondary N) is 1. The van der Waals surface area contributed by atoms with Crippen LogP contribution < -0.4 is 18.9 Å². The number of nitrogens with zero attached hydrogens (tertiary/aromatic N) is 2. The third-order valence-corrected chi connectivity index (χ3v) is 10.1. The average Bonchev–Trinajstić information content (AvgIpc) is 3.64. The molecule has 3 heterocycles. The molecule has 2 aliphatic heterocycles. The maximum Gasteiger partial charge on any atom is 0.271 e. The van der Waals surface area contributed by atoms with E-state index in [1.54, 1.807) is 34.5 Å². The summed E-state index contributed by atoms with van der Waals surface area (Å²) in [5, 5.41) is 11.6. The lowest BCUT2D eigenvalue weighted by Crippen LogP contribution is -2.47. The number of hydrogen-bond acceptors (Lipinski definition) is 9. The Balaban J connectivity index is 1.40. The minimum atomic E-state index is -3.75. The van der Waals surface area contributed by atoms with Crippen LogP contribution in [-0.4, -0.2) is 74.9 Å². The predicted molar refractivity (Wildman–Crippen MR) is 156 cm³/mol. The minimum Gasteiger partial charge on any atom is -0.488 e. The first-order valence-corrected chi connectivity index (χ1v) is 15.8. The molecule has 3 aromatic rings. The normalized spacial score (nSPS) is 19.6. The van der Waals surface area contributed by atoms with Gasteiger partial charge in [-0.1, -0.05) is 19.1 Å². The standard InChI is InChI=1S/C29H35N3O7S2/c1-19-14-32(20(2)17-33)28(34)13-22-12-23(30-41(35,36)29-5-4-10-40-29)7-9-24(22)39-27(19)16-31(3)15-21-6-8-25-26(11-21)38-18-37-25/h4-12,19-20,27,30,33H,13-18H2,1-3H3/t19-,20+,27-/m1/s1. The fourth-order valence-corrected chi connectivity index (χ4v) is 7.10. The van der Waals surface area contributed by atoms with Crippen molar-refractivity contribution in [2.45, 2.75) is 43.2 Å². The highest BCUT2D eigenvalue weighted by Gasteiger charge is 2.31. The van der Waals surface area contributed by atoms with Crippen LogP contribution in [0.15, 0.2) is 58.1 Å². The zero-order valence-corrected chi connectivity index (χ0v) is 24.9. The Bertz CT molecular complexity index is 1480. The lowest BCUT2D eigenvalue weighted by atomic mass is 10.0. The van der Waals surface area contributed by atoms with Crippen molar-refractivity contribution < 1.29 is 32.5 Å². The van der Waals surface area contributed by atoms with Gasteiger partial charge in [0.25, 0.3) is 10.0 Å². The van der Waals surface area contributed by atoms with Crippen LogP contribution in [0.1, 0.15) is 25.0 Å². The van der Waals surface area contributed by atoms with Crippen LogP contribution in [0.2, 0.25) is 0 Å². The Morgan fingerprint density at radius 3 is 2.68 bits per heavy atom. The van der Waals surface area contributed by atoms with Crippen LogP contribution in [0.5, 0.6) is 17.2 Å². The molecule has 0 spiro atoms. The molecule has 0 saturated heterocycles. The van der Waals surface area contributed by atoms with E-state index >= 15 is 0 Å². The SMILES string of the molecule is C[C@@H]1CN([C@@H](C)CO)C(=O)Cc2cc(NS(=O)(=O)c3cccs3)ccc2O[C@@H]1CN(C)Cc1ccc2c(c1)OCO2. The van der Waals surface area contributed by atoms with Crippen LogP contribution in [0, 0.1) is 5.92 Å². The van der Waals surface area contributed by atoms with Crippen molar-refractivity contribution in [3.05, 3.63) is 65.0 Å². The van der Waals surface area contributed by atoms with E-state index in [2.05, 4.69) is 9.62 Å². The molecule has 0 aliphatic carbocycles. The fraction of sp³-hybridized carbons (Fsp3) is 0.414. The van der Waals surface area contributed by atoms with E-state index in [0.717, 1.165) is 28.4 Å². The Kier molecular flexibility index (Phi) is 8.74. The van der Waals surface area contributed by atoms with Gasteiger partial charge in [0.15, 0.2) is 11.5 Å². The molecule has 0 saturated carbocycles. The highest BCUT2D eigenvalue weighted by Crippen LogP contribution is 2.33. The maximum atomic E-state index is 13.5. The summed E-state index contributed by atoms with van der Waals surface area (Å²) in [6.45, 7) is 5.54. The lowest BCUT2D eigenvalue weighted by Gasteiger charge is -2.34. The quantitative estimate of drug-likeness (QED) is 0.383. The van der Waals surface area contributed by atoms with Gasteiger partial charge in [-0.3, -0.25) is 14.4 Å². The van der Waals surface area contributed by atoms with Crippen molar-refractivity contribution in [3.8, 4) is 17.2 Å². The Morgan fingerprint density at radius 1 is 1.15 bits per heavy atom. The summed E-state index contributed by atoms with van der Waals surface area (Å²) < 4.78 is 46.0. The van der Waals surface area contributed by atoms with E-state index in [1.807, 2.05) is 39.1 Å². The van der Waals surface area contributed by atoms with Gasteiger partial charge in [0.2, 0.25) is 12.7 Å². The maximum absolute atomic E-state index is 13.5. The monoisotopic (exact) mass is 601 g/mol. The lowest BCUT2D eigenvalue weighted by molar-refractivity contribution is -0.134. The molecule has 1 aromatic heterocycles. The van der Waals surface area contributed by atoms with Gasteiger partial charge in [-0.15, -0.1) is 11.3 Å². The summed E-state index contributed by atoms with van der Waals surface area (Å²) in [5.74, 6) is 1.78. The topological polar surface area (TPSA) is 118 Å². The van der Waals surface area contributed by atoms with Gasteiger partial charge in [0, 0.05) is 36.8 Å². The molecular formula is C29H35N3O7S2. The Morgan fingerprint density at radius 2 is 1.93 bits per heavy atom. The summed E-state index contributed by atoms with van der Waals surface area (Å²) in [6.07, 6.45) is -0.276. The van der Waals surface area contributed by atoms with Gasteiger partial charge in [-0.25, -0.2) is 8.42 Å². The molecule has 0 radical (unpaired) electrons. The smallest absolute Gasteiger partial charge is 0.271 e. The number of likely N-dealkylation sites (N-methyl/N-ethyl adjacent to an activating group) is 1. The highest BCUT2D eigenvalue weighted by atomic mass is 32.2. The van der Waals surface area contributed by atoms with E-state index in [-0.39, 0.29) is 48.0 Å². The number of carbonyl (C=O) groups is 1. The molecule has 220 valence electrons. The van der Waals surface area contributed by atoms with Crippen LogP contribution in [0.4, 0.5) is 5.69 Å². The van der Waals surface area contributed by atoms with Crippen molar-refractivity contribution in [1.29, 1.82) is 0 Å². The zero-order chi connectivity index (χ0) is 29.1. The molecule has 2 aliphatic rings. The molecule has 0 unspecified atom stereocenters. The summed E-state index contributed by atoms with van der Waals surface area (Å²) in [5.41, 5.74) is 1.99. The van der Waals surface area contributed by atoms with Gasteiger partial charge >= 0.3 is 0 Å². The molecule has 3 atom stereocenters. The first kappa shape index (κ1) is 29.2. The molecule has 0 fully saturated rings.